The van der Waals surface area contributed by atoms with Crippen molar-refractivity contribution in [3.63, 3.8) is 0 Å². The van der Waals surface area contributed by atoms with Crippen molar-refractivity contribution in [1.29, 1.82) is 0 Å². The first kappa shape index (κ1) is 11.9. The number of nitrogens with zero attached hydrogens (tertiary/aromatic N) is 1. The highest BCUT2D eigenvalue weighted by Crippen LogP contribution is 2.22. The molecule has 0 aliphatic carbocycles. The fourth-order valence-electron chi connectivity index (χ4n) is 2.09. The van der Waals surface area contributed by atoms with Crippen LogP contribution in [0.25, 0.3) is 0 Å². The molecular weight excluding hydrogens is 196 g/mol. The lowest BCUT2D eigenvalue weighted by Crippen LogP contribution is -2.56. The standard InChI is InChI=1S/C10H20N2OS/c1-8(6-9(11)14)12-4-5-13-7-10(12,2)3/h8H,4-7H2,1-3H3,(H2,11,14). The molecule has 4 heteroatoms. The topological polar surface area (TPSA) is 38.5 Å². The van der Waals surface area contributed by atoms with Crippen LogP contribution in [0.5, 0.6) is 0 Å². The molecule has 1 aliphatic heterocycles. The molecule has 0 saturated carbocycles. The molecule has 82 valence electrons. The molecule has 0 aromatic heterocycles. The van der Waals surface area contributed by atoms with Gasteiger partial charge in [-0.25, -0.2) is 0 Å². The van der Waals surface area contributed by atoms with Crippen molar-refractivity contribution in [2.45, 2.75) is 38.8 Å². The third-order valence-electron chi connectivity index (χ3n) is 2.74. The summed E-state index contributed by atoms with van der Waals surface area (Å²) < 4.78 is 5.46. The van der Waals surface area contributed by atoms with Gasteiger partial charge in [-0.2, -0.15) is 0 Å². The maximum Gasteiger partial charge on any atom is 0.0742 e. The van der Waals surface area contributed by atoms with E-state index in [1.807, 2.05) is 0 Å². The van der Waals surface area contributed by atoms with E-state index in [-0.39, 0.29) is 5.54 Å². The Morgan fingerprint density at radius 3 is 2.79 bits per heavy atom. The molecule has 1 fully saturated rings. The Bertz CT molecular complexity index is 218. The number of thiocarbonyl (C=S) groups is 1. The van der Waals surface area contributed by atoms with Gasteiger partial charge in [-0.1, -0.05) is 12.2 Å². The summed E-state index contributed by atoms with van der Waals surface area (Å²) in [5, 5.41) is 0. The summed E-state index contributed by atoms with van der Waals surface area (Å²) in [7, 11) is 0. The van der Waals surface area contributed by atoms with Crippen LogP contribution in [0.4, 0.5) is 0 Å². The second-order valence-electron chi connectivity index (χ2n) is 4.58. The molecule has 1 rings (SSSR count). The van der Waals surface area contributed by atoms with E-state index in [9.17, 15) is 0 Å². The summed E-state index contributed by atoms with van der Waals surface area (Å²) in [6, 6.07) is 0.409. The number of hydrogen-bond acceptors (Lipinski definition) is 3. The van der Waals surface area contributed by atoms with Gasteiger partial charge >= 0.3 is 0 Å². The van der Waals surface area contributed by atoms with Crippen LogP contribution in [-0.4, -0.2) is 41.2 Å². The van der Waals surface area contributed by atoms with Crippen LogP contribution in [-0.2, 0) is 4.74 Å². The molecule has 0 amide bonds. The lowest BCUT2D eigenvalue weighted by Gasteiger charge is -2.45. The summed E-state index contributed by atoms with van der Waals surface area (Å²) in [4.78, 5) is 3.02. The molecule has 0 radical (unpaired) electrons. The molecule has 1 heterocycles. The summed E-state index contributed by atoms with van der Waals surface area (Å²) >= 11 is 4.94. The molecule has 1 saturated heterocycles. The van der Waals surface area contributed by atoms with Crippen molar-refractivity contribution < 1.29 is 4.74 Å². The molecule has 3 nitrogen and oxygen atoms in total. The first-order chi connectivity index (χ1) is 6.43. The van der Waals surface area contributed by atoms with E-state index in [4.69, 9.17) is 22.7 Å². The minimum atomic E-state index is 0.0997. The van der Waals surface area contributed by atoms with E-state index in [1.165, 1.54) is 0 Å². The van der Waals surface area contributed by atoms with Gasteiger partial charge in [0.1, 0.15) is 0 Å². The number of hydrogen-bond donors (Lipinski definition) is 1. The lowest BCUT2D eigenvalue weighted by molar-refractivity contribution is -0.0673. The number of morpholine rings is 1. The summed E-state index contributed by atoms with van der Waals surface area (Å²) in [6.07, 6.45) is 0.790. The Labute approximate surface area is 91.6 Å². The maximum absolute atomic E-state index is 5.56. The molecule has 1 unspecified atom stereocenters. The van der Waals surface area contributed by atoms with Gasteiger partial charge in [0.05, 0.1) is 18.2 Å². The second kappa shape index (κ2) is 4.55. The monoisotopic (exact) mass is 216 g/mol. The van der Waals surface area contributed by atoms with Crippen LogP contribution in [0, 0.1) is 0 Å². The zero-order valence-electron chi connectivity index (χ0n) is 9.25. The van der Waals surface area contributed by atoms with Crippen molar-refractivity contribution in [2.24, 2.45) is 5.73 Å². The Kier molecular flexibility index (Phi) is 3.86. The number of nitrogens with two attached hydrogens (primary N) is 1. The van der Waals surface area contributed by atoms with E-state index in [2.05, 4.69) is 25.7 Å². The summed E-state index contributed by atoms with van der Waals surface area (Å²) in [6.45, 7) is 9.13. The fraction of sp³-hybridized carbons (Fsp3) is 0.900. The Morgan fingerprint density at radius 2 is 2.29 bits per heavy atom. The van der Waals surface area contributed by atoms with Gasteiger partial charge in [0, 0.05) is 24.5 Å². The molecule has 14 heavy (non-hydrogen) atoms. The van der Waals surface area contributed by atoms with Crippen LogP contribution >= 0.6 is 12.2 Å². The van der Waals surface area contributed by atoms with Gasteiger partial charge in [0.25, 0.3) is 0 Å². The van der Waals surface area contributed by atoms with Crippen LogP contribution in [0.2, 0.25) is 0 Å². The van der Waals surface area contributed by atoms with Gasteiger partial charge in [0.2, 0.25) is 0 Å². The number of ether oxygens (including phenoxy) is 1. The van der Waals surface area contributed by atoms with Crippen molar-refractivity contribution in [3.8, 4) is 0 Å². The Balaban J connectivity index is 2.59. The summed E-state index contributed by atoms with van der Waals surface area (Å²) in [5.41, 5.74) is 5.66. The van der Waals surface area contributed by atoms with Gasteiger partial charge in [-0.3, -0.25) is 4.90 Å². The van der Waals surface area contributed by atoms with E-state index < -0.39 is 0 Å². The quantitative estimate of drug-likeness (QED) is 0.719. The van der Waals surface area contributed by atoms with Crippen LogP contribution in [0.3, 0.4) is 0 Å². The first-order valence-electron chi connectivity index (χ1n) is 5.06. The third-order valence-corrected chi connectivity index (χ3v) is 2.90. The Morgan fingerprint density at radius 1 is 1.64 bits per heavy atom. The van der Waals surface area contributed by atoms with Gasteiger partial charge in [-0.15, -0.1) is 0 Å². The molecular formula is C10H20N2OS. The van der Waals surface area contributed by atoms with Crippen LogP contribution in [0.1, 0.15) is 27.2 Å². The predicted molar refractivity (Wildman–Crippen MR) is 62.5 cm³/mol. The minimum absolute atomic E-state index is 0.0997. The predicted octanol–water partition coefficient (Wildman–Crippen LogP) is 1.16. The average molecular weight is 216 g/mol. The molecule has 0 aromatic rings. The molecule has 0 aromatic carbocycles. The highest BCUT2D eigenvalue weighted by atomic mass is 32.1. The van der Waals surface area contributed by atoms with Crippen molar-refractivity contribution in [2.75, 3.05) is 19.8 Å². The SMILES string of the molecule is CC(CC(N)=S)N1CCOCC1(C)C. The fourth-order valence-corrected chi connectivity index (χ4v) is 2.33. The highest BCUT2D eigenvalue weighted by molar-refractivity contribution is 7.80. The Hall–Kier alpha value is -0.190. The average Bonchev–Trinajstić information content (AvgIpc) is 2.01. The molecule has 0 bridgehead atoms. The van der Waals surface area contributed by atoms with E-state index in [1.54, 1.807) is 0 Å². The van der Waals surface area contributed by atoms with Crippen molar-refractivity contribution in [3.05, 3.63) is 0 Å². The number of rotatable bonds is 3. The zero-order valence-corrected chi connectivity index (χ0v) is 10.1. The lowest BCUT2D eigenvalue weighted by atomic mass is 9.99. The van der Waals surface area contributed by atoms with E-state index in [0.717, 1.165) is 26.2 Å². The molecule has 0 spiro atoms. The highest BCUT2D eigenvalue weighted by Gasteiger charge is 2.33. The van der Waals surface area contributed by atoms with Crippen LogP contribution in [0.15, 0.2) is 0 Å². The third kappa shape index (κ3) is 2.90. The summed E-state index contributed by atoms with van der Waals surface area (Å²) in [5.74, 6) is 0. The van der Waals surface area contributed by atoms with E-state index >= 15 is 0 Å². The first-order valence-corrected chi connectivity index (χ1v) is 5.47. The van der Waals surface area contributed by atoms with Crippen molar-refractivity contribution >= 4 is 17.2 Å². The van der Waals surface area contributed by atoms with Crippen LogP contribution < -0.4 is 5.73 Å². The molecule has 1 atom stereocenters. The van der Waals surface area contributed by atoms with Crippen molar-refractivity contribution in [1.82, 2.24) is 4.90 Å². The van der Waals surface area contributed by atoms with Gasteiger partial charge < -0.3 is 10.5 Å². The second-order valence-corrected chi connectivity index (χ2v) is 5.10. The smallest absolute Gasteiger partial charge is 0.0742 e. The van der Waals surface area contributed by atoms with E-state index in [0.29, 0.717) is 11.0 Å². The molecule has 1 aliphatic rings. The minimum Gasteiger partial charge on any atom is -0.393 e. The maximum atomic E-state index is 5.56. The zero-order chi connectivity index (χ0) is 10.8. The van der Waals surface area contributed by atoms with Gasteiger partial charge in [-0.05, 0) is 20.8 Å². The largest absolute Gasteiger partial charge is 0.393 e. The molecule has 2 N–H and O–H groups in total. The van der Waals surface area contributed by atoms with Gasteiger partial charge in [0.15, 0.2) is 0 Å². The normalized spacial score (nSPS) is 24.5.